The monoisotopic (exact) mass is 276 g/mol. The average Bonchev–Trinajstić information content (AvgIpc) is 2.44. The average molecular weight is 277 g/mol. The van der Waals surface area contributed by atoms with Crippen LogP contribution in [0.4, 0.5) is 0 Å². The lowest BCUT2D eigenvalue weighted by Crippen LogP contribution is -2.29. The Hall–Kier alpha value is -1.81. The summed E-state index contributed by atoms with van der Waals surface area (Å²) in [5.74, 6) is 0. The summed E-state index contributed by atoms with van der Waals surface area (Å²) in [5.41, 5.74) is 2.30. The van der Waals surface area contributed by atoms with Crippen LogP contribution >= 0.6 is 11.6 Å². The summed E-state index contributed by atoms with van der Waals surface area (Å²) in [6, 6.07) is 6.93. The molecule has 0 N–H and O–H groups in total. The van der Waals surface area contributed by atoms with Crippen LogP contribution in [0, 0.1) is 10.1 Å². The van der Waals surface area contributed by atoms with E-state index < -0.39 is 0 Å². The summed E-state index contributed by atoms with van der Waals surface area (Å²) in [5, 5.41) is 13.0. The van der Waals surface area contributed by atoms with Crippen molar-refractivity contribution in [2.24, 2.45) is 0 Å². The number of hydrogen-bond acceptors (Lipinski definition) is 2. The Labute approximate surface area is 115 Å². The van der Waals surface area contributed by atoms with Crippen LogP contribution < -0.4 is 4.43 Å². The minimum absolute atomic E-state index is 0.382. The van der Waals surface area contributed by atoms with E-state index in [1.165, 1.54) is 6.20 Å². The van der Waals surface area contributed by atoms with Gasteiger partial charge in [-0.05, 0) is 31.4 Å². The van der Waals surface area contributed by atoms with Crippen molar-refractivity contribution >= 4 is 11.6 Å². The van der Waals surface area contributed by atoms with E-state index in [0.717, 1.165) is 22.0 Å². The minimum atomic E-state index is 0.382. The quantitative estimate of drug-likeness (QED) is 0.752. The van der Waals surface area contributed by atoms with Crippen molar-refractivity contribution in [2.45, 2.75) is 25.7 Å². The fourth-order valence-electron chi connectivity index (χ4n) is 2.53. The van der Waals surface area contributed by atoms with Crippen molar-refractivity contribution in [1.82, 2.24) is 4.73 Å². The van der Waals surface area contributed by atoms with Crippen LogP contribution in [0.2, 0.25) is 5.02 Å². The third-order valence-corrected chi connectivity index (χ3v) is 3.77. The molecule has 1 aliphatic carbocycles. The number of nitrogens with zero attached hydrogens (tertiary/aromatic N) is 2. The van der Waals surface area contributed by atoms with Crippen LogP contribution in [-0.2, 0) is 12.8 Å². The van der Waals surface area contributed by atoms with Crippen molar-refractivity contribution in [3.8, 4) is 11.3 Å². The Morgan fingerprint density at radius 2 is 1.84 bits per heavy atom. The molecule has 1 aromatic carbocycles. The first-order valence-corrected chi connectivity index (χ1v) is 6.68. The van der Waals surface area contributed by atoms with Crippen LogP contribution in [0.5, 0.6) is 0 Å². The number of aromatic nitrogens is 2. The Kier molecular flexibility index (Phi) is 3.03. The number of fused-ring (bicyclic) bond motifs is 1. The highest BCUT2D eigenvalue weighted by atomic mass is 35.5. The van der Waals surface area contributed by atoms with E-state index in [1.54, 1.807) is 24.3 Å². The Balaban J connectivity index is 2.20. The summed E-state index contributed by atoms with van der Waals surface area (Å²) in [4.78, 5) is 12.0. The third-order valence-electron chi connectivity index (χ3n) is 3.52. The summed E-state index contributed by atoms with van der Waals surface area (Å²) in [6.07, 6.45) is 4.64. The first kappa shape index (κ1) is 12.2. The van der Waals surface area contributed by atoms with Gasteiger partial charge in [0.15, 0.2) is 0 Å². The fraction of sp³-hybridized carbons (Fsp3) is 0.286. The molecule has 98 valence electrons. The maximum absolute atomic E-state index is 12.4. The second-order valence-electron chi connectivity index (χ2n) is 4.74. The van der Waals surface area contributed by atoms with Crippen molar-refractivity contribution < 1.29 is 4.43 Å². The zero-order valence-electron chi connectivity index (χ0n) is 10.3. The number of halogens is 1. The van der Waals surface area contributed by atoms with Gasteiger partial charge in [-0.15, -0.1) is 0 Å². The Morgan fingerprint density at radius 3 is 2.58 bits per heavy atom. The molecule has 0 amide bonds. The molecular weight excluding hydrogens is 264 g/mol. The molecule has 3 rings (SSSR count). The zero-order valence-corrected chi connectivity index (χ0v) is 11.1. The Bertz CT molecular complexity index is 677. The second-order valence-corrected chi connectivity index (χ2v) is 5.18. The van der Waals surface area contributed by atoms with Gasteiger partial charge < -0.3 is 9.94 Å². The Morgan fingerprint density at radius 1 is 1.16 bits per heavy atom. The maximum atomic E-state index is 12.4. The van der Waals surface area contributed by atoms with Gasteiger partial charge in [-0.3, -0.25) is 0 Å². The van der Waals surface area contributed by atoms with Crippen molar-refractivity contribution in [3.05, 3.63) is 57.0 Å². The highest BCUT2D eigenvalue weighted by Crippen LogP contribution is 2.25. The summed E-state index contributed by atoms with van der Waals surface area (Å²) >= 11 is 5.83. The molecule has 0 unspecified atom stereocenters. The van der Waals surface area contributed by atoms with E-state index in [2.05, 4.69) is 0 Å². The van der Waals surface area contributed by atoms with E-state index in [4.69, 9.17) is 11.6 Å². The predicted octanol–water partition coefficient (Wildman–Crippen LogP) is 2.95. The normalized spacial score (nSPS) is 14.2. The van der Waals surface area contributed by atoms with E-state index in [0.29, 0.717) is 40.5 Å². The van der Waals surface area contributed by atoms with Gasteiger partial charge in [-0.2, -0.15) is 0 Å². The van der Waals surface area contributed by atoms with E-state index in [1.807, 2.05) is 0 Å². The first-order chi connectivity index (χ1) is 9.16. The molecule has 0 atom stereocenters. The van der Waals surface area contributed by atoms with Gasteiger partial charge in [0.05, 0.1) is 10.1 Å². The summed E-state index contributed by atoms with van der Waals surface area (Å²) < 4.78 is 1.74. The highest BCUT2D eigenvalue weighted by molar-refractivity contribution is 6.30. The molecule has 0 fully saturated rings. The highest BCUT2D eigenvalue weighted by Gasteiger charge is 2.23. The zero-order chi connectivity index (χ0) is 13.4. The molecule has 1 aromatic heterocycles. The maximum Gasteiger partial charge on any atom is 0.258 e. The van der Waals surface area contributed by atoms with Crippen molar-refractivity contribution in [3.63, 3.8) is 0 Å². The summed E-state index contributed by atoms with van der Waals surface area (Å²) in [6.45, 7) is 0. The smallest absolute Gasteiger partial charge is 0.258 e. The van der Waals surface area contributed by atoms with Gasteiger partial charge in [0.1, 0.15) is 5.69 Å². The SMILES string of the molecule is O=[n+]1cc(-c2ccc(Cl)cc2)n([O-])c2c1CCCC2. The predicted molar refractivity (Wildman–Crippen MR) is 73.7 cm³/mol. The van der Waals surface area contributed by atoms with E-state index >= 15 is 0 Å². The first-order valence-electron chi connectivity index (χ1n) is 6.30. The molecule has 4 nitrogen and oxygen atoms in total. The van der Waals surface area contributed by atoms with Crippen LogP contribution in [-0.4, -0.2) is 4.73 Å². The number of benzene rings is 1. The fourth-order valence-corrected chi connectivity index (χ4v) is 2.65. The standard InChI is InChI=1S/C14H13ClN2O2/c15-11-7-5-10(6-8-11)14-9-16(18)12-3-1-2-4-13(12)17(14)19/h5-9H,1-4H2. The molecule has 2 aromatic rings. The van der Waals surface area contributed by atoms with Gasteiger partial charge in [-0.1, -0.05) is 23.7 Å². The van der Waals surface area contributed by atoms with E-state index in [-0.39, 0.29) is 0 Å². The van der Waals surface area contributed by atoms with Gasteiger partial charge in [0, 0.05) is 21.9 Å². The molecule has 0 radical (unpaired) electrons. The van der Waals surface area contributed by atoms with Crippen molar-refractivity contribution in [2.75, 3.05) is 0 Å². The molecule has 5 heteroatoms. The minimum Gasteiger partial charge on any atom is -0.805 e. The van der Waals surface area contributed by atoms with Gasteiger partial charge in [0.25, 0.3) is 11.9 Å². The molecular formula is C14H13ClN2O2. The lowest BCUT2D eigenvalue weighted by Gasteiger charge is -2.23. The van der Waals surface area contributed by atoms with Gasteiger partial charge in [0.2, 0.25) is 0 Å². The van der Waals surface area contributed by atoms with Gasteiger partial charge >= 0.3 is 0 Å². The molecule has 1 heterocycles. The molecule has 0 spiro atoms. The molecule has 1 aliphatic rings. The molecule has 0 saturated heterocycles. The topological polar surface area (TPSA) is 51.0 Å². The number of hydrogen-bond donors (Lipinski definition) is 0. The lowest BCUT2D eigenvalue weighted by atomic mass is 10.00. The van der Waals surface area contributed by atoms with Crippen LogP contribution in [0.25, 0.3) is 11.3 Å². The molecule has 0 saturated carbocycles. The molecule has 0 aliphatic heterocycles. The molecule has 19 heavy (non-hydrogen) atoms. The van der Waals surface area contributed by atoms with Crippen LogP contribution in [0.3, 0.4) is 0 Å². The second kappa shape index (κ2) is 4.70. The summed E-state index contributed by atoms with van der Waals surface area (Å²) in [7, 11) is 0. The largest absolute Gasteiger partial charge is 0.805 e. The third kappa shape index (κ3) is 2.12. The van der Waals surface area contributed by atoms with Crippen LogP contribution in [0.15, 0.2) is 30.5 Å². The lowest BCUT2D eigenvalue weighted by molar-refractivity contribution is -0.506. The van der Waals surface area contributed by atoms with E-state index in [9.17, 15) is 10.1 Å². The van der Waals surface area contributed by atoms with Gasteiger partial charge in [-0.25, -0.2) is 0 Å². The molecule has 0 bridgehead atoms. The van der Waals surface area contributed by atoms with Crippen molar-refractivity contribution in [1.29, 1.82) is 0 Å². The number of rotatable bonds is 1. The van der Waals surface area contributed by atoms with Crippen LogP contribution in [0.1, 0.15) is 24.2 Å².